The third-order valence-corrected chi connectivity index (χ3v) is 7.31. The zero-order chi connectivity index (χ0) is 25.4. The second-order valence-electron chi connectivity index (χ2n) is 8.99. The molecule has 0 radical (unpaired) electrons. The van der Waals surface area contributed by atoms with Crippen molar-refractivity contribution >= 4 is 26.8 Å². The first-order valence-electron chi connectivity index (χ1n) is 12.3. The second-order valence-corrected chi connectivity index (χ2v) is 9.91. The lowest BCUT2D eigenvalue weighted by Gasteiger charge is -2.39. The molecule has 0 aliphatic carbocycles. The van der Waals surface area contributed by atoms with Gasteiger partial charge in [0.05, 0.1) is 12.6 Å². The number of halogens is 1. The number of aliphatic hydroxyl groups is 1. The molecule has 3 aromatic rings. The summed E-state index contributed by atoms with van der Waals surface area (Å²) in [6.07, 6.45) is 6.36. The van der Waals surface area contributed by atoms with E-state index in [1.54, 1.807) is 7.11 Å². The Balaban J connectivity index is 2.19. The van der Waals surface area contributed by atoms with Gasteiger partial charge in [0.15, 0.2) is 0 Å². The van der Waals surface area contributed by atoms with E-state index in [1.807, 2.05) is 67.6 Å². The fourth-order valence-corrected chi connectivity index (χ4v) is 5.13. The summed E-state index contributed by atoms with van der Waals surface area (Å²) >= 11 is 3.58. The van der Waals surface area contributed by atoms with Crippen LogP contribution in [0.4, 0.5) is 0 Å². The Morgan fingerprint density at radius 2 is 1.94 bits per heavy atom. The van der Waals surface area contributed by atoms with Gasteiger partial charge in [-0.15, -0.1) is 0 Å². The van der Waals surface area contributed by atoms with Crippen LogP contribution in [0.15, 0.2) is 83.4 Å². The van der Waals surface area contributed by atoms with Crippen molar-refractivity contribution in [3.63, 3.8) is 0 Å². The molecule has 186 valence electrons. The Labute approximate surface area is 218 Å². The van der Waals surface area contributed by atoms with E-state index in [2.05, 4.69) is 47.4 Å². The van der Waals surface area contributed by atoms with Gasteiger partial charge >= 0.3 is 0 Å². The molecule has 0 fully saturated rings. The number of benzene rings is 2. The Bertz CT molecular complexity index is 1160. The summed E-state index contributed by atoms with van der Waals surface area (Å²) in [5.41, 5.74) is 2.35. The van der Waals surface area contributed by atoms with Crippen LogP contribution in [0.3, 0.4) is 0 Å². The van der Waals surface area contributed by atoms with Crippen molar-refractivity contribution in [1.82, 2.24) is 9.88 Å². The first-order chi connectivity index (χ1) is 16.9. The largest absolute Gasteiger partial charge is 0.481 e. The molecule has 0 aliphatic rings. The lowest BCUT2D eigenvalue weighted by Crippen LogP contribution is -2.35. The zero-order valence-electron chi connectivity index (χ0n) is 21.3. The zero-order valence-corrected chi connectivity index (χ0v) is 22.9. The number of hydrogen-bond acceptors (Lipinski definition) is 4. The number of nitrogens with zero attached hydrogens (tertiary/aromatic N) is 2. The van der Waals surface area contributed by atoms with Gasteiger partial charge < -0.3 is 14.7 Å². The quantitative estimate of drug-likeness (QED) is 0.196. The minimum atomic E-state index is -1.17. The number of rotatable bonds is 12. The minimum absolute atomic E-state index is 0.401. The SMILES string of the molecule is C=C/C(=C\C)C(c1cc2cc(Br)ccc2nc1OC)C(O)(CCCCN(C)CC)c1ccccc1. The van der Waals surface area contributed by atoms with E-state index in [0.717, 1.165) is 58.0 Å². The van der Waals surface area contributed by atoms with Crippen molar-refractivity contribution < 1.29 is 9.84 Å². The topological polar surface area (TPSA) is 45.6 Å². The number of methoxy groups -OCH3 is 1. The predicted molar refractivity (Wildman–Crippen MR) is 150 cm³/mol. The number of fused-ring (bicyclic) bond motifs is 1. The van der Waals surface area contributed by atoms with Crippen LogP contribution in [-0.4, -0.2) is 42.2 Å². The van der Waals surface area contributed by atoms with Crippen LogP contribution in [0.25, 0.3) is 10.9 Å². The molecule has 0 aliphatic heterocycles. The maximum Gasteiger partial charge on any atom is 0.217 e. The molecule has 35 heavy (non-hydrogen) atoms. The van der Waals surface area contributed by atoms with Crippen LogP contribution >= 0.6 is 15.9 Å². The van der Waals surface area contributed by atoms with Crippen molar-refractivity contribution in [1.29, 1.82) is 0 Å². The Morgan fingerprint density at radius 1 is 1.20 bits per heavy atom. The highest BCUT2D eigenvalue weighted by Gasteiger charge is 2.42. The van der Waals surface area contributed by atoms with Gasteiger partial charge in [-0.2, -0.15) is 0 Å². The lowest BCUT2D eigenvalue weighted by molar-refractivity contribution is 0.00647. The molecule has 1 N–H and O–H groups in total. The average molecular weight is 538 g/mol. The summed E-state index contributed by atoms with van der Waals surface area (Å²) in [5, 5.41) is 13.6. The first-order valence-corrected chi connectivity index (χ1v) is 13.1. The van der Waals surface area contributed by atoms with Gasteiger partial charge in [-0.1, -0.05) is 71.9 Å². The number of allylic oxidation sites excluding steroid dienone is 2. The molecule has 0 amide bonds. The molecule has 2 aromatic carbocycles. The first kappa shape index (κ1) is 27.1. The van der Waals surface area contributed by atoms with E-state index in [-0.39, 0.29) is 0 Å². The van der Waals surface area contributed by atoms with E-state index >= 15 is 0 Å². The normalized spacial score (nSPS) is 14.7. The average Bonchev–Trinajstić information content (AvgIpc) is 2.89. The smallest absolute Gasteiger partial charge is 0.217 e. The van der Waals surface area contributed by atoms with E-state index in [1.165, 1.54) is 0 Å². The molecule has 4 nitrogen and oxygen atoms in total. The number of aromatic nitrogens is 1. The number of hydrogen-bond donors (Lipinski definition) is 1. The standard InChI is InChI=1S/C30H37BrN2O2/c1-6-22(7-2)28(26-21-23-20-25(31)16-17-27(23)32-29(26)35-5)30(34,24-14-10-9-11-15-24)18-12-13-19-33(4)8-3/h6-7,9-11,14-17,20-21,28,34H,1,8,12-13,18-19H2,2-5H3/b22-7+. The van der Waals surface area contributed by atoms with E-state index < -0.39 is 11.5 Å². The molecular formula is C30H37BrN2O2. The van der Waals surface area contributed by atoms with Crippen LogP contribution in [0.2, 0.25) is 0 Å². The van der Waals surface area contributed by atoms with E-state index in [0.29, 0.717) is 12.3 Å². The maximum atomic E-state index is 12.6. The van der Waals surface area contributed by atoms with Crippen molar-refractivity contribution in [2.75, 3.05) is 27.2 Å². The van der Waals surface area contributed by atoms with Gasteiger partial charge in [0.25, 0.3) is 0 Å². The van der Waals surface area contributed by atoms with Crippen LogP contribution in [-0.2, 0) is 5.60 Å². The molecule has 0 spiro atoms. The van der Waals surface area contributed by atoms with Gasteiger partial charge in [0, 0.05) is 21.3 Å². The fraction of sp³-hybridized carbons (Fsp3) is 0.367. The van der Waals surface area contributed by atoms with Crippen molar-refractivity contribution in [3.05, 3.63) is 94.5 Å². The van der Waals surface area contributed by atoms with Crippen LogP contribution in [0.1, 0.15) is 50.2 Å². The highest BCUT2D eigenvalue weighted by Crippen LogP contribution is 2.48. The van der Waals surface area contributed by atoms with E-state index in [9.17, 15) is 5.11 Å². The highest BCUT2D eigenvalue weighted by atomic mass is 79.9. The molecule has 1 aromatic heterocycles. The van der Waals surface area contributed by atoms with Crippen LogP contribution in [0, 0.1) is 0 Å². The molecule has 2 unspecified atom stereocenters. The van der Waals surface area contributed by atoms with Gasteiger partial charge in [-0.3, -0.25) is 0 Å². The van der Waals surface area contributed by atoms with E-state index in [4.69, 9.17) is 9.72 Å². The van der Waals surface area contributed by atoms with Crippen molar-refractivity contribution in [2.24, 2.45) is 0 Å². The molecule has 1 heterocycles. The summed E-state index contributed by atoms with van der Waals surface area (Å²) in [4.78, 5) is 7.12. The minimum Gasteiger partial charge on any atom is -0.481 e. The molecule has 0 saturated carbocycles. The Kier molecular flexibility index (Phi) is 9.67. The van der Waals surface area contributed by atoms with Gasteiger partial charge in [-0.25, -0.2) is 4.98 Å². The Hall–Kier alpha value is -2.47. The van der Waals surface area contributed by atoms with Gasteiger partial charge in [-0.05, 0) is 81.7 Å². The highest BCUT2D eigenvalue weighted by molar-refractivity contribution is 9.10. The summed E-state index contributed by atoms with van der Waals surface area (Å²) in [7, 11) is 3.77. The molecule has 0 bridgehead atoms. The molecule has 5 heteroatoms. The number of unbranched alkanes of at least 4 members (excludes halogenated alkanes) is 1. The summed E-state index contributed by atoms with van der Waals surface area (Å²) in [5.74, 6) is 0.119. The van der Waals surface area contributed by atoms with Crippen LogP contribution in [0.5, 0.6) is 5.88 Å². The van der Waals surface area contributed by atoms with Gasteiger partial charge in [0.2, 0.25) is 5.88 Å². The Morgan fingerprint density at radius 3 is 2.57 bits per heavy atom. The van der Waals surface area contributed by atoms with Gasteiger partial charge in [0.1, 0.15) is 5.60 Å². The van der Waals surface area contributed by atoms with Crippen molar-refractivity contribution in [3.8, 4) is 5.88 Å². The third-order valence-electron chi connectivity index (χ3n) is 6.82. The number of ether oxygens (including phenoxy) is 1. The summed E-state index contributed by atoms with van der Waals surface area (Å²) < 4.78 is 6.78. The maximum absolute atomic E-state index is 12.6. The predicted octanol–water partition coefficient (Wildman–Crippen LogP) is 7.23. The molecule has 0 saturated heterocycles. The summed E-state index contributed by atoms with van der Waals surface area (Å²) in [6.45, 7) is 10.3. The third kappa shape index (κ3) is 6.21. The van der Waals surface area contributed by atoms with Crippen molar-refractivity contribution in [2.45, 2.75) is 44.6 Å². The number of pyridine rings is 1. The van der Waals surface area contributed by atoms with Crippen LogP contribution < -0.4 is 4.74 Å². The fourth-order valence-electron chi connectivity index (χ4n) is 4.75. The lowest BCUT2D eigenvalue weighted by atomic mass is 9.70. The molecular weight excluding hydrogens is 500 g/mol. The monoisotopic (exact) mass is 536 g/mol. The molecule has 2 atom stereocenters. The molecule has 3 rings (SSSR count). The second kappa shape index (κ2) is 12.5. The summed E-state index contributed by atoms with van der Waals surface area (Å²) in [6, 6.07) is 18.1.